The van der Waals surface area contributed by atoms with Crippen LogP contribution in [0.25, 0.3) is 11.1 Å². The minimum atomic E-state index is 0.696. The lowest BCUT2D eigenvalue weighted by Crippen LogP contribution is -2.15. The van der Waals surface area contributed by atoms with Crippen LogP contribution in [0, 0.1) is 0 Å². The third-order valence-electron chi connectivity index (χ3n) is 4.23. The summed E-state index contributed by atoms with van der Waals surface area (Å²) in [5.41, 5.74) is 4.95. The van der Waals surface area contributed by atoms with Gasteiger partial charge < -0.3 is 10.1 Å². The van der Waals surface area contributed by atoms with Crippen LogP contribution < -0.4 is 10.1 Å². The first-order chi connectivity index (χ1) is 10.3. The first kappa shape index (κ1) is 13.2. The summed E-state index contributed by atoms with van der Waals surface area (Å²) in [6.45, 7) is 1.65. The molecule has 2 aliphatic rings. The van der Waals surface area contributed by atoms with Crippen molar-refractivity contribution in [2.24, 2.45) is 0 Å². The van der Waals surface area contributed by atoms with E-state index in [1.54, 1.807) is 0 Å². The zero-order valence-electron chi connectivity index (χ0n) is 11.9. The average molecular weight is 300 g/mol. The summed E-state index contributed by atoms with van der Waals surface area (Å²) in [6.07, 6.45) is 3.59. The number of hydrogen-bond acceptors (Lipinski definition) is 2. The molecule has 0 saturated heterocycles. The van der Waals surface area contributed by atoms with Crippen molar-refractivity contribution in [1.29, 1.82) is 0 Å². The molecule has 1 fully saturated rings. The molecule has 1 aliphatic carbocycles. The zero-order chi connectivity index (χ0) is 14.2. The maximum absolute atomic E-state index is 6.32. The largest absolute Gasteiger partial charge is 0.493 e. The van der Waals surface area contributed by atoms with Crippen LogP contribution in [0.3, 0.4) is 0 Å². The summed E-state index contributed by atoms with van der Waals surface area (Å²) >= 11 is 6.32. The molecule has 2 nitrogen and oxygen atoms in total. The first-order valence-corrected chi connectivity index (χ1v) is 7.95. The maximum Gasteiger partial charge on any atom is 0.122 e. The molecule has 108 valence electrons. The van der Waals surface area contributed by atoms with E-state index in [0.717, 1.165) is 30.3 Å². The topological polar surface area (TPSA) is 21.3 Å². The molecule has 0 unspecified atom stereocenters. The molecule has 0 spiro atoms. The van der Waals surface area contributed by atoms with Crippen LogP contribution in [0.5, 0.6) is 5.75 Å². The Bertz CT molecular complexity index is 679. The van der Waals surface area contributed by atoms with Gasteiger partial charge in [-0.2, -0.15) is 0 Å². The van der Waals surface area contributed by atoms with E-state index in [0.29, 0.717) is 6.04 Å². The Labute approximate surface area is 130 Å². The Morgan fingerprint density at radius 1 is 1.10 bits per heavy atom. The smallest absolute Gasteiger partial charge is 0.122 e. The number of hydrogen-bond donors (Lipinski definition) is 1. The lowest BCUT2D eigenvalue weighted by Gasteiger charge is -2.10. The molecule has 0 amide bonds. The fourth-order valence-electron chi connectivity index (χ4n) is 2.80. The molecule has 1 heterocycles. The van der Waals surface area contributed by atoms with E-state index in [9.17, 15) is 0 Å². The van der Waals surface area contributed by atoms with E-state index in [2.05, 4.69) is 35.6 Å². The van der Waals surface area contributed by atoms with Gasteiger partial charge in [-0.05, 0) is 59.4 Å². The van der Waals surface area contributed by atoms with Crippen LogP contribution in [-0.4, -0.2) is 12.6 Å². The summed E-state index contributed by atoms with van der Waals surface area (Å²) in [5, 5.41) is 4.37. The Balaban J connectivity index is 1.63. The van der Waals surface area contributed by atoms with Gasteiger partial charge in [-0.3, -0.25) is 0 Å². The number of nitrogens with one attached hydrogen (secondary N) is 1. The fourth-order valence-corrected chi connectivity index (χ4v) is 2.98. The van der Waals surface area contributed by atoms with Gasteiger partial charge >= 0.3 is 0 Å². The van der Waals surface area contributed by atoms with Gasteiger partial charge in [0.15, 0.2) is 0 Å². The lowest BCUT2D eigenvalue weighted by atomic mass is 10.00. The molecule has 0 aromatic heterocycles. The summed E-state index contributed by atoms with van der Waals surface area (Å²) in [7, 11) is 0. The highest BCUT2D eigenvalue weighted by atomic mass is 35.5. The SMILES string of the molecule is Clc1ccc(-c2ccc3c(c2)CCO3)cc1CNC1CC1. The van der Waals surface area contributed by atoms with Crippen LogP contribution in [0.15, 0.2) is 36.4 Å². The second-order valence-corrected chi connectivity index (χ2v) is 6.29. The van der Waals surface area contributed by atoms with E-state index in [1.807, 2.05) is 6.07 Å². The number of halogens is 1. The van der Waals surface area contributed by atoms with Crippen LogP contribution in [-0.2, 0) is 13.0 Å². The van der Waals surface area contributed by atoms with Crippen molar-refractivity contribution in [2.75, 3.05) is 6.61 Å². The third kappa shape index (κ3) is 2.78. The molecule has 0 radical (unpaired) electrons. The van der Waals surface area contributed by atoms with E-state index in [4.69, 9.17) is 16.3 Å². The maximum atomic E-state index is 6.32. The van der Waals surface area contributed by atoms with E-state index >= 15 is 0 Å². The minimum absolute atomic E-state index is 0.696. The van der Waals surface area contributed by atoms with Crippen LogP contribution in [0.1, 0.15) is 24.0 Å². The highest BCUT2D eigenvalue weighted by molar-refractivity contribution is 6.31. The van der Waals surface area contributed by atoms with Crippen molar-refractivity contribution in [1.82, 2.24) is 5.32 Å². The standard InChI is InChI=1S/C18H18ClNO/c19-17-5-1-12(10-15(17)11-20-16-3-4-16)13-2-6-18-14(9-13)7-8-21-18/h1-2,5-6,9-10,16,20H,3-4,7-8,11H2. The monoisotopic (exact) mass is 299 g/mol. The summed E-state index contributed by atoms with van der Waals surface area (Å²) in [6, 6.07) is 13.4. The second kappa shape index (κ2) is 5.36. The summed E-state index contributed by atoms with van der Waals surface area (Å²) in [4.78, 5) is 0. The number of ether oxygens (including phenoxy) is 1. The highest BCUT2D eigenvalue weighted by Crippen LogP contribution is 2.32. The first-order valence-electron chi connectivity index (χ1n) is 7.57. The van der Waals surface area contributed by atoms with E-state index in [1.165, 1.54) is 35.1 Å². The fraction of sp³-hybridized carbons (Fsp3) is 0.333. The molecule has 0 bridgehead atoms. The molecular formula is C18H18ClNO. The normalized spacial score (nSPS) is 16.6. The lowest BCUT2D eigenvalue weighted by molar-refractivity contribution is 0.357. The summed E-state index contributed by atoms with van der Waals surface area (Å²) in [5.74, 6) is 1.03. The van der Waals surface area contributed by atoms with Gasteiger partial charge in [0.2, 0.25) is 0 Å². The molecule has 1 N–H and O–H groups in total. The van der Waals surface area contributed by atoms with Gasteiger partial charge in [0.25, 0.3) is 0 Å². The van der Waals surface area contributed by atoms with Gasteiger partial charge in [0.1, 0.15) is 5.75 Å². The van der Waals surface area contributed by atoms with E-state index < -0.39 is 0 Å². The number of benzene rings is 2. The predicted octanol–water partition coefficient (Wildman–Crippen LogP) is 4.19. The van der Waals surface area contributed by atoms with E-state index in [-0.39, 0.29) is 0 Å². The average Bonchev–Trinajstić information content (AvgIpc) is 3.21. The van der Waals surface area contributed by atoms with Crippen LogP contribution >= 0.6 is 11.6 Å². The van der Waals surface area contributed by atoms with Crippen molar-refractivity contribution in [3.63, 3.8) is 0 Å². The molecule has 0 atom stereocenters. The van der Waals surface area contributed by atoms with Crippen molar-refractivity contribution in [3.05, 3.63) is 52.5 Å². The molecule has 2 aromatic rings. The Morgan fingerprint density at radius 2 is 1.90 bits per heavy atom. The van der Waals surface area contributed by atoms with Gasteiger partial charge in [-0.1, -0.05) is 23.7 Å². The summed E-state index contributed by atoms with van der Waals surface area (Å²) < 4.78 is 5.57. The van der Waals surface area contributed by atoms with Crippen LogP contribution in [0.4, 0.5) is 0 Å². The molecule has 2 aromatic carbocycles. The highest BCUT2D eigenvalue weighted by Gasteiger charge is 2.20. The Kier molecular flexibility index (Phi) is 3.36. The van der Waals surface area contributed by atoms with Gasteiger partial charge in [-0.25, -0.2) is 0 Å². The zero-order valence-corrected chi connectivity index (χ0v) is 12.6. The predicted molar refractivity (Wildman–Crippen MR) is 85.9 cm³/mol. The minimum Gasteiger partial charge on any atom is -0.493 e. The molecule has 3 heteroatoms. The molecule has 1 saturated carbocycles. The molecule has 1 aliphatic heterocycles. The quantitative estimate of drug-likeness (QED) is 0.914. The van der Waals surface area contributed by atoms with Crippen molar-refractivity contribution in [2.45, 2.75) is 31.8 Å². The van der Waals surface area contributed by atoms with Crippen molar-refractivity contribution < 1.29 is 4.74 Å². The van der Waals surface area contributed by atoms with Gasteiger partial charge in [0.05, 0.1) is 6.61 Å². The Morgan fingerprint density at radius 3 is 2.76 bits per heavy atom. The number of fused-ring (bicyclic) bond motifs is 1. The second-order valence-electron chi connectivity index (χ2n) is 5.88. The molecular weight excluding hydrogens is 282 g/mol. The number of rotatable bonds is 4. The van der Waals surface area contributed by atoms with Crippen molar-refractivity contribution >= 4 is 11.6 Å². The van der Waals surface area contributed by atoms with Crippen molar-refractivity contribution in [3.8, 4) is 16.9 Å². The molecule has 21 heavy (non-hydrogen) atoms. The van der Waals surface area contributed by atoms with Gasteiger partial charge in [0, 0.05) is 24.0 Å². The molecule has 4 rings (SSSR count). The Hall–Kier alpha value is -1.51. The third-order valence-corrected chi connectivity index (χ3v) is 4.60. The van der Waals surface area contributed by atoms with Crippen LogP contribution in [0.2, 0.25) is 5.02 Å². The van der Waals surface area contributed by atoms with Gasteiger partial charge in [-0.15, -0.1) is 0 Å².